The summed E-state index contributed by atoms with van der Waals surface area (Å²) < 4.78 is 0. The largest absolute Gasteiger partial charge is 0.404 e. The zero-order valence-corrected chi connectivity index (χ0v) is 10.2. The number of hydrogen-bond acceptors (Lipinski definition) is 1. The molecule has 0 radical (unpaired) electrons. The van der Waals surface area contributed by atoms with Gasteiger partial charge in [0.05, 0.1) is 0 Å². The van der Waals surface area contributed by atoms with Crippen LogP contribution in [0.25, 0.3) is 0 Å². The molecule has 0 spiro atoms. The average molecular weight is 205 g/mol. The zero-order valence-electron chi connectivity index (χ0n) is 10.2. The van der Waals surface area contributed by atoms with E-state index in [0.29, 0.717) is 11.8 Å². The van der Waals surface area contributed by atoms with Gasteiger partial charge in [-0.15, -0.1) is 0 Å². The molecule has 0 aliphatic carbocycles. The van der Waals surface area contributed by atoms with Crippen molar-refractivity contribution in [2.45, 2.75) is 27.2 Å². The van der Waals surface area contributed by atoms with Crippen molar-refractivity contribution in [3.05, 3.63) is 48.7 Å². The van der Waals surface area contributed by atoms with Gasteiger partial charge in [-0.25, -0.2) is 0 Å². The van der Waals surface area contributed by atoms with Crippen molar-refractivity contribution in [3.63, 3.8) is 0 Å². The van der Waals surface area contributed by atoms with Crippen LogP contribution in [-0.4, -0.2) is 0 Å². The van der Waals surface area contributed by atoms with Crippen LogP contribution in [0.3, 0.4) is 0 Å². The van der Waals surface area contributed by atoms with Gasteiger partial charge in [0.25, 0.3) is 0 Å². The van der Waals surface area contributed by atoms with Crippen molar-refractivity contribution in [1.29, 1.82) is 0 Å². The quantitative estimate of drug-likeness (QED) is 0.518. The summed E-state index contributed by atoms with van der Waals surface area (Å²) in [5.41, 5.74) is 7.72. The summed E-state index contributed by atoms with van der Waals surface area (Å²) in [4.78, 5) is 0. The Morgan fingerprint density at radius 3 is 2.33 bits per heavy atom. The van der Waals surface area contributed by atoms with Crippen molar-refractivity contribution in [2.24, 2.45) is 17.6 Å². The fraction of sp³-hybridized carbons (Fsp3) is 0.429. The van der Waals surface area contributed by atoms with Gasteiger partial charge in [-0.2, -0.15) is 0 Å². The molecule has 2 N–H and O–H groups in total. The Balaban J connectivity index is 4.59. The van der Waals surface area contributed by atoms with Crippen LogP contribution < -0.4 is 5.73 Å². The Morgan fingerprint density at radius 2 is 2.00 bits per heavy atom. The maximum absolute atomic E-state index is 5.49. The summed E-state index contributed by atoms with van der Waals surface area (Å²) >= 11 is 0. The number of hydrogen-bond donors (Lipinski definition) is 1. The van der Waals surface area contributed by atoms with E-state index in [1.165, 1.54) is 5.57 Å². The molecular formula is C14H23N. The molecule has 1 heteroatoms. The van der Waals surface area contributed by atoms with E-state index in [2.05, 4.69) is 39.2 Å². The highest BCUT2D eigenvalue weighted by molar-refractivity contribution is 5.25. The van der Waals surface area contributed by atoms with Crippen molar-refractivity contribution in [3.8, 4) is 0 Å². The second kappa shape index (κ2) is 7.10. The molecule has 1 nitrogen and oxygen atoms in total. The van der Waals surface area contributed by atoms with Crippen molar-refractivity contribution in [2.75, 3.05) is 0 Å². The molecule has 0 fully saturated rings. The lowest BCUT2D eigenvalue weighted by Gasteiger charge is -2.20. The topological polar surface area (TPSA) is 26.0 Å². The molecule has 0 aliphatic heterocycles. The van der Waals surface area contributed by atoms with Crippen LogP contribution >= 0.6 is 0 Å². The van der Waals surface area contributed by atoms with E-state index >= 15 is 0 Å². The summed E-state index contributed by atoms with van der Waals surface area (Å²) in [7, 11) is 0. The third kappa shape index (κ3) is 4.68. The molecule has 0 aromatic heterocycles. The van der Waals surface area contributed by atoms with Crippen molar-refractivity contribution >= 4 is 0 Å². The highest BCUT2D eigenvalue weighted by atomic mass is 14.5. The van der Waals surface area contributed by atoms with Crippen LogP contribution in [0.5, 0.6) is 0 Å². The molecule has 0 aliphatic rings. The second-order valence-electron chi connectivity index (χ2n) is 4.08. The van der Waals surface area contributed by atoms with Gasteiger partial charge in [-0.05, 0) is 31.0 Å². The molecule has 84 valence electrons. The van der Waals surface area contributed by atoms with E-state index in [1.807, 2.05) is 6.92 Å². The predicted octanol–water partition coefficient (Wildman–Crippen LogP) is 3.81. The van der Waals surface area contributed by atoms with E-state index in [1.54, 1.807) is 12.3 Å². The Bertz CT molecular complexity index is 269. The Hall–Kier alpha value is -1.24. The van der Waals surface area contributed by atoms with Gasteiger partial charge in [-0.1, -0.05) is 50.8 Å². The lowest BCUT2D eigenvalue weighted by Crippen LogP contribution is -2.09. The minimum atomic E-state index is 0.421. The van der Waals surface area contributed by atoms with Gasteiger partial charge < -0.3 is 5.73 Å². The van der Waals surface area contributed by atoms with Crippen LogP contribution in [0, 0.1) is 11.8 Å². The van der Waals surface area contributed by atoms with Crippen molar-refractivity contribution in [1.82, 2.24) is 0 Å². The van der Waals surface area contributed by atoms with E-state index < -0.39 is 0 Å². The van der Waals surface area contributed by atoms with E-state index in [4.69, 9.17) is 5.73 Å². The Kier molecular flexibility index (Phi) is 6.52. The summed E-state index contributed by atoms with van der Waals surface area (Å²) in [6, 6.07) is 0. The van der Waals surface area contributed by atoms with Crippen LogP contribution in [-0.2, 0) is 0 Å². The van der Waals surface area contributed by atoms with Gasteiger partial charge in [0.1, 0.15) is 0 Å². The van der Waals surface area contributed by atoms with Gasteiger partial charge in [-0.3, -0.25) is 0 Å². The van der Waals surface area contributed by atoms with E-state index in [0.717, 1.165) is 12.0 Å². The third-order valence-corrected chi connectivity index (χ3v) is 2.50. The van der Waals surface area contributed by atoms with E-state index in [-0.39, 0.29) is 0 Å². The highest BCUT2D eigenvalue weighted by Gasteiger charge is 2.13. The molecule has 1 unspecified atom stereocenters. The smallest absolute Gasteiger partial charge is 0.0000292 e. The van der Waals surface area contributed by atoms with Gasteiger partial charge in [0, 0.05) is 5.92 Å². The van der Waals surface area contributed by atoms with Crippen LogP contribution in [0.2, 0.25) is 0 Å². The predicted molar refractivity (Wildman–Crippen MR) is 69.4 cm³/mol. The molecule has 1 atom stereocenters. The average Bonchev–Trinajstić information content (AvgIpc) is 2.21. The fourth-order valence-corrected chi connectivity index (χ4v) is 1.62. The first-order valence-electron chi connectivity index (χ1n) is 5.40. The van der Waals surface area contributed by atoms with Crippen molar-refractivity contribution < 1.29 is 0 Å². The van der Waals surface area contributed by atoms with Crippen LogP contribution in [0.1, 0.15) is 27.2 Å². The lowest BCUT2D eigenvalue weighted by atomic mass is 9.85. The molecule has 0 saturated heterocycles. The normalized spacial score (nSPS) is 14.5. The summed E-state index contributed by atoms with van der Waals surface area (Å²) in [5.74, 6) is 0.988. The molecule has 0 bridgehead atoms. The van der Waals surface area contributed by atoms with Gasteiger partial charge >= 0.3 is 0 Å². The fourth-order valence-electron chi connectivity index (χ4n) is 1.62. The molecule has 0 rings (SSSR count). The monoisotopic (exact) mass is 205 g/mol. The first-order chi connectivity index (χ1) is 7.06. The lowest BCUT2D eigenvalue weighted by molar-refractivity contribution is 0.519. The molecule has 0 aromatic rings. The van der Waals surface area contributed by atoms with Gasteiger partial charge in [0.2, 0.25) is 0 Å². The molecule has 0 saturated carbocycles. The standard InChI is InChI=1S/C14H23N/c1-6-8-14(11(3)4)12(5)9-13(7-2)10-15/h6-8,10-11,14H,2,5,9,15H2,1,3-4H3/b8-6-,13-10+. The molecule has 0 amide bonds. The summed E-state index contributed by atoms with van der Waals surface area (Å²) in [6.45, 7) is 14.3. The minimum absolute atomic E-state index is 0.421. The number of rotatable bonds is 6. The first-order valence-corrected chi connectivity index (χ1v) is 5.40. The van der Waals surface area contributed by atoms with Crippen LogP contribution in [0.15, 0.2) is 48.7 Å². The Labute approximate surface area is 94.1 Å². The summed E-state index contributed by atoms with van der Waals surface area (Å²) in [6.07, 6.45) is 8.48. The van der Waals surface area contributed by atoms with Gasteiger partial charge in [0.15, 0.2) is 0 Å². The number of nitrogens with two attached hydrogens (primary N) is 1. The third-order valence-electron chi connectivity index (χ3n) is 2.50. The summed E-state index contributed by atoms with van der Waals surface area (Å²) in [5, 5.41) is 0. The number of allylic oxidation sites excluding steroid dienone is 5. The zero-order chi connectivity index (χ0) is 11.8. The second-order valence-corrected chi connectivity index (χ2v) is 4.08. The maximum Gasteiger partial charge on any atom is 0.0000292 e. The highest BCUT2D eigenvalue weighted by Crippen LogP contribution is 2.25. The molecule has 0 aromatic carbocycles. The van der Waals surface area contributed by atoms with Crippen LogP contribution in [0.4, 0.5) is 0 Å². The molecular weight excluding hydrogens is 182 g/mol. The SMILES string of the molecule is C=C/C(=C\N)CC(=C)C(/C=C\C)C(C)C. The molecule has 0 heterocycles. The van der Waals surface area contributed by atoms with E-state index in [9.17, 15) is 0 Å². The Morgan fingerprint density at radius 1 is 1.40 bits per heavy atom. The maximum atomic E-state index is 5.49. The minimum Gasteiger partial charge on any atom is -0.404 e. The molecule has 15 heavy (non-hydrogen) atoms. The first kappa shape index (κ1) is 13.8.